The van der Waals surface area contributed by atoms with E-state index in [1.807, 2.05) is 0 Å². The van der Waals surface area contributed by atoms with Gasteiger partial charge in [-0.15, -0.1) is 0 Å². The maximum atomic E-state index is 12.5. The molecule has 0 amide bonds. The van der Waals surface area contributed by atoms with Gasteiger partial charge in [0, 0.05) is 6.20 Å². The smallest absolute Gasteiger partial charge is 0.417 e. The van der Waals surface area contributed by atoms with Crippen molar-refractivity contribution in [2.24, 2.45) is 5.10 Å². The summed E-state index contributed by atoms with van der Waals surface area (Å²) in [6.45, 7) is 0. The molecule has 8 nitrogen and oxygen atoms in total. The van der Waals surface area contributed by atoms with Crippen LogP contribution in [0.15, 0.2) is 30.0 Å². The lowest BCUT2D eigenvalue weighted by Crippen LogP contribution is -2.23. The number of ether oxygens (including phenoxy) is 1. The summed E-state index contributed by atoms with van der Waals surface area (Å²) in [6, 6.07) is -0.306. The van der Waals surface area contributed by atoms with E-state index in [4.69, 9.17) is 11.6 Å². The third kappa shape index (κ3) is 4.19. The van der Waals surface area contributed by atoms with Gasteiger partial charge >= 0.3 is 12.1 Å². The second-order valence-corrected chi connectivity index (χ2v) is 4.69. The van der Waals surface area contributed by atoms with Crippen LogP contribution >= 0.6 is 11.6 Å². The highest BCUT2D eigenvalue weighted by atomic mass is 35.5. The number of pyridine rings is 1. The van der Waals surface area contributed by atoms with E-state index in [0.717, 1.165) is 6.21 Å². The first-order valence-electron chi connectivity index (χ1n) is 6.27. The van der Waals surface area contributed by atoms with Crippen LogP contribution < -0.4 is 5.43 Å². The minimum atomic E-state index is -4.55. The Balaban J connectivity index is 2.14. The molecule has 0 fully saturated rings. The lowest BCUT2D eigenvalue weighted by atomic mass is 10.3. The Labute approximate surface area is 138 Å². The number of nitrogens with one attached hydrogen (secondary N) is 1. The molecule has 0 bridgehead atoms. The molecule has 0 aliphatic carbocycles. The number of alkyl halides is 3. The van der Waals surface area contributed by atoms with Crippen LogP contribution in [0.5, 0.6) is 0 Å². The number of nitrogens with zero attached hydrogens (tertiary/aromatic N) is 5. The summed E-state index contributed by atoms with van der Waals surface area (Å²) in [5.74, 6) is -0.777. The average Bonchev–Trinajstić information content (AvgIpc) is 3.05. The zero-order valence-corrected chi connectivity index (χ0v) is 12.8. The summed E-state index contributed by atoms with van der Waals surface area (Å²) >= 11 is 5.72. The lowest BCUT2D eigenvalue weighted by molar-refractivity contribution is -0.142. The molecule has 0 saturated carbocycles. The maximum absolute atomic E-state index is 12.5. The second kappa shape index (κ2) is 7.25. The fourth-order valence-corrected chi connectivity index (χ4v) is 1.77. The standard InChI is InChI=1S/C12H10ClF3N6O2/c1-24-11(23)9(22-6-17-5-20-22)4-19-21-10-8(13)2-7(3-18-10)12(14,15)16/h2-6,9H,1H3,(H,18,21)/b19-4-/t9-/m1/s1. The van der Waals surface area contributed by atoms with E-state index in [0.29, 0.717) is 12.3 Å². The Bertz CT molecular complexity index is 735. The van der Waals surface area contributed by atoms with Gasteiger partial charge in [0.15, 0.2) is 11.9 Å². The van der Waals surface area contributed by atoms with Gasteiger partial charge < -0.3 is 4.74 Å². The van der Waals surface area contributed by atoms with Crippen LogP contribution in [0.2, 0.25) is 5.02 Å². The Morgan fingerprint density at radius 2 is 2.29 bits per heavy atom. The molecule has 2 aromatic heterocycles. The van der Waals surface area contributed by atoms with Crippen molar-refractivity contribution in [3.8, 4) is 0 Å². The van der Waals surface area contributed by atoms with Crippen molar-refractivity contribution in [2.75, 3.05) is 12.5 Å². The summed E-state index contributed by atoms with van der Waals surface area (Å²) < 4.78 is 43.4. The Morgan fingerprint density at radius 1 is 1.54 bits per heavy atom. The highest BCUT2D eigenvalue weighted by Crippen LogP contribution is 2.32. The normalized spacial score (nSPS) is 13.0. The molecule has 0 aliphatic heterocycles. The molecule has 0 aromatic carbocycles. The monoisotopic (exact) mass is 362 g/mol. The maximum Gasteiger partial charge on any atom is 0.417 e. The molecule has 0 unspecified atom stereocenters. The Morgan fingerprint density at radius 3 is 2.83 bits per heavy atom. The van der Waals surface area contributed by atoms with E-state index in [-0.39, 0.29) is 10.8 Å². The van der Waals surface area contributed by atoms with E-state index in [9.17, 15) is 18.0 Å². The first-order chi connectivity index (χ1) is 11.3. The van der Waals surface area contributed by atoms with Crippen LogP contribution in [0.4, 0.5) is 19.0 Å². The van der Waals surface area contributed by atoms with E-state index in [1.165, 1.54) is 24.4 Å². The van der Waals surface area contributed by atoms with Gasteiger partial charge in [0.05, 0.1) is 23.9 Å². The Kier molecular flexibility index (Phi) is 5.34. The molecular formula is C12H10ClF3N6O2. The Hall–Kier alpha value is -2.69. The highest BCUT2D eigenvalue weighted by Gasteiger charge is 2.31. The van der Waals surface area contributed by atoms with Gasteiger partial charge in [0.2, 0.25) is 0 Å². The fourth-order valence-electron chi connectivity index (χ4n) is 1.56. The summed E-state index contributed by atoms with van der Waals surface area (Å²) in [6.07, 6.45) is -0.334. The van der Waals surface area contributed by atoms with E-state index < -0.39 is 23.8 Å². The van der Waals surface area contributed by atoms with Gasteiger partial charge in [0.25, 0.3) is 0 Å². The number of rotatable bonds is 5. The SMILES string of the molecule is COC(=O)[C@@H](/C=N\Nc1ncc(C(F)(F)F)cc1Cl)n1cncn1. The molecule has 2 heterocycles. The topological polar surface area (TPSA) is 94.3 Å². The number of methoxy groups -OCH3 is 1. The molecule has 0 saturated heterocycles. The molecule has 24 heavy (non-hydrogen) atoms. The van der Waals surface area contributed by atoms with Crippen LogP contribution in [0.25, 0.3) is 0 Å². The van der Waals surface area contributed by atoms with E-state index in [2.05, 4.69) is 30.3 Å². The van der Waals surface area contributed by atoms with Gasteiger partial charge in [-0.25, -0.2) is 19.4 Å². The summed E-state index contributed by atoms with van der Waals surface area (Å²) in [5.41, 5.74) is 1.36. The lowest BCUT2D eigenvalue weighted by Gasteiger charge is -2.10. The number of carbonyl (C=O) groups is 1. The van der Waals surface area contributed by atoms with Crippen molar-refractivity contribution in [1.29, 1.82) is 0 Å². The van der Waals surface area contributed by atoms with E-state index >= 15 is 0 Å². The molecule has 1 atom stereocenters. The number of hydrogen-bond acceptors (Lipinski definition) is 7. The second-order valence-electron chi connectivity index (χ2n) is 4.29. The largest absolute Gasteiger partial charge is 0.467 e. The molecule has 0 radical (unpaired) electrons. The van der Waals surface area contributed by atoms with Gasteiger partial charge in [-0.2, -0.15) is 23.4 Å². The molecule has 0 aliphatic rings. The highest BCUT2D eigenvalue weighted by molar-refractivity contribution is 6.32. The number of aromatic nitrogens is 4. The summed E-state index contributed by atoms with van der Waals surface area (Å²) in [7, 11) is 1.18. The number of halogens is 4. The quantitative estimate of drug-likeness (QED) is 0.497. The zero-order chi connectivity index (χ0) is 17.7. The van der Waals surface area contributed by atoms with Crippen molar-refractivity contribution < 1.29 is 22.7 Å². The first-order valence-corrected chi connectivity index (χ1v) is 6.64. The van der Waals surface area contributed by atoms with Crippen LogP contribution in [0.1, 0.15) is 11.6 Å². The summed E-state index contributed by atoms with van der Waals surface area (Å²) in [4.78, 5) is 18.9. The third-order valence-corrected chi connectivity index (χ3v) is 3.01. The van der Waals surface area contributed by atoms with Crippen molar-refractivity contribution in [1.82, 2.24) is 19.7 Å². The van der Waals surface area contributed by atoms with Gasteiger partial charge in [-0.05, 0) is 6.07 Å². The molecule has 2 aromatic rings. The number of carbonyl (C=O) groups excluding carboxylic acids is 1. The predicted octanol–water partition coefficient (Wildman–Crippen LogP) is 2.16. The zero-order valence-electron chi connectivity index (χ0n) is 12.0. The van der Waals surface area contributed by atoms with Crippen LogP contribution in [0, 0.1) is 0 Å². The predicted molar refractivity (Wildman–Crippen MR) is 77.4 cm³/mol. The first kappa shape index (κ1) is 17.7. The van der Waals surface area contributed by atoms with Crippen LogP contribution in [-0.4, -0.2) is 39.0 Å². The van der Waals surface area contributed by atoms with Crippen LogP contribution in [-0.2, 0) is 15.7 Å². The molecule has 0 spiro atoms. The number of hydrazone groups is 1. The van der Waals surface area contributed by atoms with Crippen molar-refractivity contribution in [2.45, 2.75) is 12.2 Å². The van der Waals surface area contributed by atoms with Gasteiger partial charge in [-0.1, -0.05) is 11.6 Å². The van der Waals surface area contributed by atoms with Crippen molar-refractivity contribution in [3.63, 3.8) is 0 Å². The molecule has 2 rings (SSSR count). The van der Waals surface area contributed by atoms with E-state index in [1.54, 1.807) is 0 Å². The molecular weight excluding hydrogens is 353 g/mol. The summed E-state index contributed by atoms with van der Waals surface area (Å²) in [5, 5.41) is 7.23. The molecule has 12 heteroatoms. The third-order valence-electron chi connectivity index (χ3n) is 2.72. The number of esters is 1. The van der Waals surface area contributed by atoms with Gasteiger partial charge in [-0.3, -0.25) is 5.43 Å². The number of hydrogen-bond donors (Lipinski definition) is 1. The molecule has 128 valence electrons. The average molecular weight is 363 g/mol. The van der Waals surface area contributed by atoms with Crippen molar-refractivity contribution in [3.05, 3.63) is 35.5 Å². The minimum absolute atomic E-state index is 0.108. The minimum Gasteiger partial charge on any atom is -0.467 e. The van der Waals surface area contributed by atoms with Crippen molar-refractivity contribution >= 4 is 29.6 Å². The fraction of sp³-hybridized carbons (Fsp3) is 0.250. The van der Waals surface area contributed by atoms with Crippen LogP contribution in [0.3, 0.4) is 0 Å². The number of anilines is 1. The van der Waals surface area contributed by atoms with Gasteiger partial charge in [0.1, 0.15) is 12.7 Å². The molecule has 1 N–H and O–H groups in total.